The number of likely N-dealkylation sites (N-methyl/N-ethyl adjacent to an activating group) is 1. The van der Waals surface area contributed by atoms with Gasteiger partial charge in [0, 0.05) is 20.2 Å². The number of sulfonamides is 1. The summed E-state index contributed by atoms with van der Waals surface area (Å²) in [6.07, 6.45) is 0. The van der Waals surface area contributed by atoms with Crippen molar-refractivity contribution in [2.45, 2.75) is 4.90 Å². The van der Waals surface area contributed by atoms with E-state index in [2.05, 4.69) is 0 Å². The molecule has 7 nitrogen and oxygen atoms in total. The Morgan fingerprint density at radius 3 is 2.12 bits per heavy atom. The van der Waals surface area contributed by atoms with Gasteiger partial charge in [0.1, 0.15) is 6.54 Å². The molecule has 0 fully saturated rings. The molecule has 2 rings (SSSR count). The first-order valence-electron chi connectivity index (χ1n) is 7.81. The van der Waals surface area contributed by atoms with Crippen LogP contribution in [0.3, 0.4) is 0 Å². The topological polar surface area (TPSA) is 76.2 Å². The Labute approximate surface area is 153 Å². The molecule has 0 aliphatic heterocycles. The lowest BCUT2D eigenvalue weighted by Gasteiger charge is -2.25. The molecule has 0 bridgehead atoms. The monoisotopic (exact) mass is 378 g/mol. The molecular formula is C18H22N2O5S. The Morgan fingerprint density at radius 2 is 1.58 bits per heavy atom. The number of carbonyl (C=O) groups is 1. The van der Waals surface area contributed by atoms with Crippen LogP contribution in [0, 0.1) is 0 Å². The number of nitrogens with zero attached hydrogens (tertiary/aromatic N) is 2. The summed E-state index contributed by atoms with van der Waals surface area (Å²) in [7, 11) is 2.07. The van der Waals surface area contributed by atoms with Gasteiger partial charge < -0.3 is 14.4 Å². The summed E-state index contributed by atoms with van der Waals surface area (Å²) in [4.78, 5) is 13.6. The molecule has 0 aliphatic carbocycles. The number of ether oxygens (including phenoxy) is 2. The first kappa shape index (κ1) is 19.6. The molecule has 8 heteroatoms. The molecule has 0 unspecified atom stereocenters. The van der Waals surface area contributed by atoms with Gasteiger partial charge in [0.25, 0.3) is 10.0 Å². The zero-order chi connectivity index (χ0) is 19.3. The quantitative estimate of drug-likeness (QED) is 0.736. The van der Waals surface area contributed by atoms with Gasteiger partial charge in [-0.3, -0.25) is 9.10 Å². The van der Waals surface area contributed by atoms with Gasteiger partial charge in [-0.25, -0.2) is 8.42 Å². The van der Waals surface area contributed by atoms with Crippen LogP contribution >= 0.6 is 0 Å². The van der Waals surface area contributed by atoms with Crippen molar-refractivity contribution in [3.63, 3.8) is 0 Å². The Hall–Kier alpha value is -2.74. The molecule has 1 amide bonds. The Bertz CT molecular complexity index is 866. The van der Waals surface area contributed by atoms with Crippen LogP contribution in [0.4, 0.5) is 5.69 Å². The third kappa shape index (κ3) is 4.08. The van der Waals surface area contributed by atoms with E-state index >= 15 is 0 Å². The molecule has 2 aromatic rings. The van der Waals surface area contributed by atoms with E-state index in [-0.39, 0.29) is 17.3 Å². The highest BCUT2D eigenvalue weighted by molar-refractivity contribution is 7.92. The molecule has 0 spiro atoms. The molecule has 0 saturated heterocycles. The molecule has 2 aromatic carbocycles. The van der Waals surface area contributed by atoms with Crippen molar-refractivity contribution in [1.29, 1.82) is 0 Å². The Balaban J connectivity index is 2.53. The van der Waals surface area contributed by atoms with Gasteiger partial charge in [0.2, 0.25) is 5.91 Å². The lowest BCUT2D eigenvalue weighted by Crippen LogP contribution is -2.40. The van der Waals surface area contributed by atoms with Crippen molar-refractivity contribution in [2.75, 3.05) is 39.2 Å². The second kappa shape index (κ2) is 8.09. The fraction of sp³-hybridized carbons (Fsp3) is 0.278. The number of rotatable bonds is 7. The summed E-state index contributed by atoms with van der Waals surface area (Å²) in [5.74, 6) is 0.375. The Kier molecular flexibility index (Phi) is 6.10. The maximum Gasteiger partial charge on any atom is 0.264 e. The molecule has 0 radical (unpaired) electrons. The maximum atomic E-state index is 13.2. The van der Waals surface area contributed by atoms with Crippen molar-refractivity contribution in [2.24, 2.45) is 0 Å². The molecule has 140 valence electrons. The summed E-state index contributed by atoms with van der Waals surface area (Å²) in [6, 6.07) is 12.8. The summed E-state index contributed by atoms with van der Waals surface area (Å²) in [6.45, 7) is -0.312. The number of hydrogen-bond donors (Lipinski definition) is 0. The number of hydrogen-bond acceptors (Lipinski definition) is 5. The van der Waals surface area contributed by atoms with E-state index in [1.807, 2.05) is 0 Å². The highest BCUT2D eigenvalue weighted by Gasteiger charge is 2.28. The average molecular weight is 378 g/mol. The van der Waals surface area contributed by atoms with Crippen LogP contribution in [0.15, 0.2) is 53.4 Å². The molecule has 0 heterocycles. The van der Waals surface area contributed by atoms with Gasteiger partial charge in [-0.15, -0.1) is 0 Å². The highest BCUT2D eigenvalue weighted by Crippen LogP contribution is 2.32. The number of para-hydroxylation sites is 1. The number of benzene rings is 2. The van der Waals surface area contributed by atoms with Crippen molar-refractivity contribution in [3.05, 3.63) is 48.5 Å². The minimum absolute atomic E-state index is 0.00515. The van der Waals surface area contributed by atoms with Crippen LogP contribution in [0.5, 0.6) is 11.5 Å². The number of anilines is 1. The summed E-state index contributed by atoms with van der Waals surface area (Å²) < 4.78 is 37.9. The number of amides is 1. The predicted octanol–water partition coefficient (Wildman–Crippen LogP) is 1.99. The molecular weight excluding hydrogens is 356 g/mol. The first-order chi connectivity index (χ1) is 12.3. The number of carbonyl (C=O) groups excluding carboxylic acids is 1. The molecule has 26 heavy (non-hydrogen) atoms. The SMILES string of the molecule is COc1ccc(S(=O)(=O)N(CC(=O)N(C)C)c2ccccc2)cc1OC. The summed E-state index contributed by atoms with van der Waals surface area (Å²) >= 11 is 0. The van der Waals surface area contributed by atoms with Crippen molar-refractivity contribution in [3.8, 4) is 11.5 Å². The van der Waals surface area contributed by atoms with Crippen molar-refractivity contribution in [1.82, 2.24) is 4.90 Å². The Morgan fingerprint density at radius 1 is 0.962 bits per heavy atom. The lowest BCUT2D eigenvalue weighted by molar-refractivity contribution is -0.127. The van der Waals surface area contributed by atoms with E-state index in [4.69, 9.17) is 9.47 Å². The van der Waals surface area contributed by atoms with Crippen LogP contribution in [0.25, 0.3) is 0 Å². The second-order valence-electron chi connectivity index (χ2n) is 5.65. The smallest absolute Gasteiger partial charge is 0.264 e. The number of methoxy groups -OCH3 is 2. The third-order valence-electron chi connectivity index (χ3n) is 3.76. The van der Waals surface area contributed by atoms with Gasteiger partial charge in [0.15, 0.2) is 11.5 Å². The normalized spacial score (nSPS) is 10.9. The largest absolute Gasteiger partial charge is 0.493 e. The van der Waals surface area contributed by atoms with Crippen molar-refractivity contribution < 1.29 is 22.7 Å². The van der Waals surface area contributed by atoms with Crippen LogP contribution in [0.1, 0.15) is 0 Å². The average Bonchev–Trinajstić information content (AvgIpc) is 2.65. The minimum Gasteiger partial charge on any atom is -0.493 e. The fourth-order valence-electron chi connectivity index (χ4n) is 2.28. The predicted molar refractivity (Wildman–Crippen MR) is 99.2 cm³/mol. The van der Waals surface area contributed by atoms with Crippen LogP contribution < -0.4 is 13.8 Å². The summed E-state index contributed by atoms with van der Waals surface area (Å²) in [5.41, 5.74) is 0.400. The molecule has 0 saturated carbocycles. The van der Waals surface area contributed by atoms with Crippen molar-refractivity contribution >= 4 is 21.6 Å². The molecule has 0 N–H and O–H groups in total. The minimum atomic E-state index is -3.99. The molecule has 0 aliphatic rings. The second-order valence-corrected chi connectivity index (χ2v) is 7.51. The zero-order valence-corrected chi connectivity index (χ0v) is 16.0. The van der Waals surface area contributed by atoms with Gasteiger partial charge in [-0.1, -0.05) is 18.2 Å². The lowest BCUT2D eigenvalue weighted by atomic mass is 10.3. The fourth-order valence-corrected chi connectivity index (χ4v) is 3.71. The van der Waals surface area contributed by atoms with Gasteiger partial charge in [0.05, 0.1) is 24.8 Å². The molecule has 0 aromatic heterocycles. The maximum absolute atomic E-state index is 13.2. The van der Waals surface area contributed by atoms with E-state index in [1.165, 1.54) is 37.3 Å². The van der Waals surface area contributed by atoms with E-state index < -0.39 is 10.0 Å². The summed E-state index contributed by atoms with van der Waals surface area (Å²) in [5, 5.41) is 0. The van der Waals surface area contributed by atoms with E-state index in [0.717, 1.165) is 4.31 Å². The van der Waals surface area contributed by atoms with Gasteiger partial charge in [-0.2, -0.15) is 0 Å². The first-order valence-corrected chi connectivity index (χ1v) is 9.25. The highest BCUT2D eigenvalue weighted by atomic mass is 32.2. The van der Waals surface area contributed by atoms with E-state index in [9.17, 15) is 13.2 Å². The van der Waals surface area contributed by atoms with Crippen LogP contribution in [-0.4, -0.2) is 54.1 Å². The zero-order valence-electron chi connectivity index (χ0n) is 15.2. The third-order valence-corrected chi connectivity index (χ3v) is 5.53. The van der Waals surface area contributed by atoms with E-state index in [0.29, 0.717) is 17.2 Å². The standard InChI is InChI=1S/C18H22N2O5S/c1-19(2)18(21)13-20(14-8-6-5-7-9-14)26(22,23)15-10-11-16(24-3)17(12-15)25-4/h5-12H,13H2,1-4H3. The van der Waals surface area contributed by atoms with Crippen LogP contribution in [-0.2, 0) is 14.8 Å². The molecule has 0 atom stereocenters. The van der Waals surface area contributed by atoms with E-state index in [1.54, 1.807) is 44.4 Å². The van der Waals surface area contributed by atoms with Gasteiger partial charge in [-0.05, 0) is 24.3 Å². The van der Waals surface area contributed by atoms with Gasteiger partial charge >= 0.3 is 0 Å². The van der Waals surface area contributed by atoms with Crippen LogP contribution in [0.2, 0.25) is 0 Å².